The molecule has 0 aliphatic heterocycles. The third kappa shape index (κ3) is 4.28. The molecule has 1 amide bonds. The summed E-state index contributed by atoms with van der Waals surface area (Å²) in [4.78, 5) is 39.7. The lowest BCUT2D eigenvalue weighted by Gasteiger charge is -2.12. The summed E-state index contributed by atoms with van der Waals surface area (Å²) in [7, 11) is 1.77. The summed E-state index contributed by atoms with van der Waals surface area (Å²) in [5.41, 5.74) is 2.13. The van der Waals surface area contributed by atoms with Crippen molar-refractivity contribution in [2.24, 2.45) is 7.05 Å². The number of hydrogen-bond donors (Lipinski definition) is 1. The van der Waals surface area contributed by atoms with E-state index in [0.717, 1.165) is 4.88 Å². The Labute approximate surface area is 187 Å². The number of benzene rings is 1. The number of nitrogens with one attached hydrogen (secondary N) is 1. The number of amides is 1. The fourth-order valence-electron chi connectivity index (χ4n) is 3.08. The highest BCUT2D eigenvalue weighted by atomic mass is 32.2. The van der Waals surface area contributed by atoms with Crippen molar-refractivity contribution in [2.45, 2.75) is 11.9 Å². The zero-order chi connectivity index (χ0) is 22.0. The summed E-state index contributed by atoms with van der Waals surface area (Å²) in [6.45, 7) is 1.81. The standard InChI is InChI=1S/C22H19N5O2S2/c1-13-17(22(30-3)26-19(24-13)16-5-4-12-31-16)21(29)25-15-8-6-14(7-9-15)18(28)20-23-10-11-27(20)2/h4-12H,1-3H3,(H,25,29). The fraction of sp³-hybridized carbons (Fsp3) is 0.136. The Morgan fingerprint density at radius 2 is 1.90 bits per heavy atom. The van der Waals surface area contributed by atoms with Crippen LogP contribution in [0, 0.1) is 6.92 Å². The van der Waals surface area contributed by atoms with Gasteiger partial charge in [0.05, 0.1) is 16.1 Å². The number of anilines is 1. The van der Waals surface area contributed by atoms with Gasteiger partial charge in [0.25, 0.3) is 5.91 Å². The highest BCUT2D eigenvalue weighted by Crippen LogP contribution is 2.28. The maximum atomic E-state index is 13.0. The first-order valence-electron chi connectivity index (χ1n) is 9.38. The number of carbonyl (C=O) groups is 2. The molecule has 0 spiro atoms. The molecule has 0 aliphatic carbocycles. The van der Waals surface area contributed by atoms with Crippen LogP contribution >= 0.6 is 23.1 Å². The van der Waals surface area contributed by atoms with Crippen LogP contribution in [0.2, 0.25) is 0 Å². The lowest BCUT2D eigenvalue weighted by Crippen LogP contribution is -2.17. The van der Waals surface area contributed by atoms with E-state index in [1.807, 2.05) is 30.7 Å². The molecule has 31 heavy (non-hydrogen) atoms. The fourth-order valence-corrected chi connectivity index (χ4v) is 4.36. The first kappa shape index (κ1) is 21.0. The van der Waals surface area contributed by atoms with Crippen LogP contribution in [0.3, 0.4) is 0 Å². The Morgan fingerprint density at radius 3 is 2.52 bits per heavy atom. The van der Waals surface area contributed by atoms with Crippen LogP contribution in [0.4, 0.5) is 5.69 Å². The van der Waals surface area contributed by atoms with Gasteiger partial charge in [-0.05, 0) is 48.9 Å². The van der Waals surface area contributed by atoms with Gasteiger partial charge in [-0.25, -0.2) is 15.0 Å². The molecule has 4 aromatic rings. The van der Waals surface area contributed by atoms with Crippen LogP contribution < -0.4 is 5.32 Å². The largest absolute Gasteiger partial charge is 0.331 e. The highest BCUT2D eigenvalue weighted by molar-refractivity contribution is 7.98. The number of rotatable bonds is 6. The second kappa shape index (κ2) is 8.83. The molecule has 0 fully saturated rings. The molecule has 0 unspecified atom stereocenters. The minimum atomic E-state index is -0.289. The van der Waals surface area contributed by atoms with E-state index in [1.54, 1.807) is 59.6 Å². The van der Waals surface area contributed by atoms with Crippen molar-refractivity contribution < 1.29 is 9.59 Å². The maximum absolute atomic E-state index is 13.0. The van der Waals surface area contributed by atoms with E-state index < -0.39 is 0 Å². The van der Waals surface area contributed by atoms with Crippen molar-refractivity contribution in [3.8, 4) is 10.7 Å². The SMILES string of the molecule is CSc1nc(-c2cccs2)nc(C)c1C(=O)Nc1ccc(C(=O)c2nccn2C)cc1. The number of aryl methyl sites for hydroxylation is 2. The molecule has 4 rings (SSSR count). The first-order valence-corrected chi connectivity index (χ1v) is 11.5. The molecule has 1 N–H and O–H groups in total. The minimum absolute atomic E-state index is 0.177. The Bertz CT molecular complexity index is 1250. The maximum Gasteiger partial charge on any atom is 0.260 e. The van der Waals surface area contributed by atoms with Gasteiger partial charge >= 0.3 is 0 Å². The second-order valence-corrected chi connectivity index (χ2v) is 8.46. The zero-order valence-corrected chi connectivity index (χ0v) is 18.8. The summed E-state index contributed by atoms with van der Waals surface area (Å²) in [6.07, 6.45) is 5.19. The minimum Gasteiger partial charge on any atom is -0.331 e. The number of thiophene rings is 1. The van der Waals surface area contributed by atoms with Crippen LogP contribution in [0.25, 0.3) is 10.7 Å². The van der Waals surface area contributed by atoms with E-state index in [9.17, 15) is 9.59 Å². The van der Waals surface area contributed by atoms with Gasteiger partial charge in [0.2, 0.25) is 5.78 Å². The second-order valence-electron chi connectivity index (χ2n) is 6.72. The number of hydrogen-bond acceptors (Lipinski definition) is 7. The van der Waals surface area contributed by atoms with Gasteiger partial charge in [0.1, 0.15) is 5.03 Å². The zero-order valence-electron chi connectivity index (χ0n) is 17.1. The van der Waals surface area contributed by atoms with Crippen LogP contribution in [0.1, 0.15) is 32.2 Å². The third-order valence-corrected chi connectivity index (χ3v) is 6.20. The summed E-state index contributed by atoms with van der Waals surface area (Å²) in [5, 5.41) is 5.47. The van der Waals surface area contributed by atoms with Crippen molar-refractivity contribution in [3.05, 3.63) is 76.8 Å². The Kier molecular flexibility index (Phi) is 5.97. The molecule has 9 heteroatoms. The predicted molar refractivity (Wildman–Crippen MR) is 123 cm³/mol. The molecule has 0 aliphatic rings. The smallest absolute Gasteiger partial charge is 0.260 e. The van der Waals surface area contributed by atoms with Gasteiger partial charge in [0.15, 0.2) is 11.6 Å². The molecule has 3 aromatic heterocycles. The van der Waals surface area contributed by atoms with Gasteiger partial charge in [-0.3, -0.25) is 9.59 Å². The lowest BCUT2D eigenvalue weighted by atomic mass is 10.1. The predicted octanol–water partition coefficient (Wildman–Crippen LogP) is 4.45. The Hall–Kier alpha value is -3.30. The van der Waals surface area contributed by atoms with Crippen LogP contribution in [-0.4, -0.2) is 37.5 Å². The van der Waals surface area contributed by atoms with Crippen LogP contribution in [0.5, 0.6) is 0 Å². The normalized spacial score (nSPS) is 10.8. The summed E-state index contributed by atoms with van der Waals surface area (Å²) >= 11 is 2.96. The molecule has 3 heterocycles. The van der Waals surface area contributed by atoms with E-state index >= 15 is 0 Å². The van der Waals surface area contributed by atoms with Gasteiger partial charge in [-0.2, -0.15) is 0 Å². The number of ketones is 1. The van der Waals surface area contributed by atoms with E-state index in [1.165, 1.54) is 11.8 Å². The van der Waals surface area contributed by atoms with Gasteiger partial charge in [-0.1, -0.05) is 6.07 Å². The van der Waals surface area contributed by atoms with Gasteiger partial charge in [-0.15, -0.1) is 23.1 Å². The monoisotopic (exact) mass is 449 g/mol. The molecule has 0 saturated carbocycles. The molecule has 7 nitrogen and oxygen atoms in total. The van der Waals surface area contributed by atoms with E-state index in [2.05, 4.69) is 20.3 Å². The average molecular weight is 450 g/mol. The molecular weight excluding hydrogens is 430 g/mol. The number of nitrogens with zero attached hydrogens (tertiary/aromatic N) is 4. The lowest BCUT2D eigenvalue weighted by molar-refractivity contribution is 0.101. The highest BCUT2D eigenvalue weighted by Gasteiger charge is 2.20. The van der Waals surface area contributed by atoms with E-state index in [4.69, 9.17) is 0 Å². The van der Waals surface area contributed by atoms with Gasteiger partial charge < -0.3 is 9.88 Å². The molecule has 0 atom stereocenters. The summed E-state index contributed by atoms with van der Waals surface area (Å²) in [6, 6.07) is 10.6. The topological polar surface area (TPSA) is 89.8 Å². The van der Waals surface area contributed by atoms with Crippen molar-refractivity contribution in [3.63, 3.8) is 0 Å². The molecular formula is C22H19N5O2S2. The molecule has 0 bridgehead atoms. The van der Waals surface area contributed by atoms with E-state index in [0.29, 0.717) is 39.2 Å². The third-order valence-electron chi connectivity index (χ3n) is 4.65. The number of thioether (sulfide) groups is 1. The molecule has 156 valence electrons. The van der Waals surface area contributed by atoms with Crippen LogP contribution in [0.15, 0.2) is 59.2 Å². The Balaban J connectivity index is 1.56. The number of aromatic nitrogens is 4. The molecule has 1 aromatic carbocycles. The quantitative estimate of drug-likeness (QED) is 0.266. The molecule has 0 radical (unpaired) electrons. The van der Waals surface area contributed by atoms with Crippen molar-refractivity contribution in [1.82, 2.24) is 19.5 Å². The summed E-state index contributed by atoms with van der Waals surface area (Å²) in [5.74, 6) is 0.511. The van der Waals surface area contributed by atoms with Crippen molar-refractivity contribution in [1.29, 1.82) is 0 Å². The van der Waals surface area contributed by atoms with Crippen molar-refractivity contribution in [2.75, 3.05) is 11.6 Å². The summed E-state index contributed by atoms with van der Waals surface area (Å²) < 4.78 is 1.67. The van der Waals surface area contributed by atoms with Gasteiger partial charge in [0, 0.05) is 30.7 Å². The molecule has 0 saturated heterocycles. The first-order chi connectivity index (χ1) is 15.0. The van der Waals surface area contributed by atoms with E-state index in [-0.39, 0.29) is 11.7 Å². The number of imidazole rings is 1. The number of carbonyl (C=O) groups excluding carboxylic acids is 2. The Morgan fingerprint density at radius 1 is 1.13 bits per heavy atom. The van der Waals surface area contributed by atoms with Crippen LogP contribution in [-0.2, 0) is 7.05 Å². The van der Waals surface area contributed by atoms with Crippen molar-refractivity contribution >= 4 is 40.5 Å². The average Bonchev–Trinajstić information content (AvgIpc) is 3.45.